The van der Waals surface area contributed by atoms with Crippen LogP contribution in [-0.4, -0.2) is 18.1 Å². The van der Waals surface area contributed by atoms with Crippen molar-refractivity contribution in [3.63, 3.8) is 0 Å². The maximum atomic E-state index is 10.9. The lowest BCUT2D eigenvalue weighted by molar-refractivity contribution is 0.0594. The predicted molar refractivity (Wildman–Crippen MR) is 43.5 cm³/mol. The van der Waals surface area contributed by atoms with Crippen LogP contribution in [0.5, 0.6) is 0 Å². The monoisotopic (exact) mass is 161 g/mol. The average molecular weight is 161 g/mol. The molecule has 0 bridgehead atoms. The van der Waals surface area contributed by atoms with Crippen molar-refractivity contribution in [1.29, 1.82) is 0 Å². The molecule has 0 aliphatic carbocycles. The average Bonchev–Trinajstić information content (AvgIpc) is 2.17. The summed E-state index contributed by atoms with van der Waals surface area (Å²) in [6.07, 6.45) is 6.60. The fourth-order valence-corrected chi connectivity index (χ4v) is 0.737. The Balaban J connectivity index is 3.04. The Labute approximate surface area is 70.4 Å². The van der Waals surface area contributed by atoms with Crippen molar-refractivity contribution in [2.75, 3.05) is 7.11 Å². The summed E-state index contributed by atoms with van der Waals surface area (Å²) in [6, 6.07) is 3.15. The Hall–Kier alpha value is -1.82. The van der Waals surface area contributed by atoms with Gasteiger partial charge in [0, 0.05) is 11.8 Å². The lowest BCUT2D eigenvalue weighted by atomic mass is 10.2. The molecule has 0 aromatic carbocycles. The van der Waals surface area contributed by atoms with Crippen LogP contribution in [-0.2, 0) is 4.74 Å². The number of carbonyl (C=O) groups excluding carboxylic acids is 1. The summed E-state index contributed by atoms with van der Waals surface area (Å²) < 4.78 is 4.47. The van der Waals surface area contributed by atoms with E-state index in [-0.39, 0.29) is 5.69 Å². The van der Waals surface area contributed by atoms with Gasteiger partial charge in [0.05, 0.1) is 7.11 Å². The fourth-order valence-electron chi connectivity index (χ4n) is 0.737. The number of aromatic nitrogens is 1. The molecule has 12 heavy (non-hydrogen) atoms. The minimum atomic E-state index is -0.480. The lowest BCUT2D eigenvalue weighted by Gasteiger charge is -1.97. The van der Waals surface area contributed by atoms with Crippen LogP contribution in [0.4, 0.5) is 0 Å². The van der Waals surface area contributed by atoms with Gasteiger partial charge in [-0.3, -0.25) is 0 Å². The fraction of sp³-hybridized carbons (Fsp3) is 0.111. The largest absolute Gasteiger partial charge is 0.464 e. The number of nitrogens with zero attached hydrogens (tertiary/aromatic N) is 1. The van der Waals surface area contributed by atoms with E-state index in [4.69, 9.17) is 6.42 Å². The molecule has 0 saturated carbocycles. The molecule has 1 aromatic heterocycles. The molecular weight excluding hydrogens is 154 g/mol. The van der Waals surface area contributed by atoms with Crippen molar-refractivity contribution in [2.45, 2.75) is 0 Å². The number of rotatable bonds is 1. The van der Waals surface area contributed by atoms with Gasteiger partial charge in [0.1, 0.15) is 5.69 Å². The standard InChI is InChI=1S/C9H7NO2/c1-3-7-4-5-10-8(6-7)9(11)12-2/h1,4-6H,2H3. The van der Waals surface area contributed by atoms with Crippen molar-refractivity contribution >= 4 is 5.97 Å². The molecule has 0 fully saturated rings. The van der Waals surface area contributed by atoms with Crippen LogP contribution in [0.25, 0.3) is 0 Å². The van der Waals surface area contributed by atoms with E-state index < -0.39 is 5.97 Å². The second-order valence-electron chi connectivity index (χ2n) is 2.07. The maximum Gasteiger partial charge on any atom is 0.356 e. The van der Waals surface area contributed by atoms with Crippen molar-refractivity contribution in [1.82, 2.24) is 4.98 Å². The SMILES string of the molecule is C#Cc1ccnc(C(=O)OC)c1. The van der Waals surface area contributed by atoms with Crippen molar-refractivity contribution in [3.8, 4) is 12.3 Å². The van der Waals surface area contributed by atoms with E-state index in [1.807, 2.05) is 0 Å². The molecule has 1 aromatic rings. The van der Waals surface area contributed by atoms with Crippen LogP contribution in [0.2, 0.25) is 0 Å². The summed E-state index contributed by atoms with van der Waals surface area (Å²) in [4.78, 5) is 14.7. The van der Waals surface area contributed by atoms with Crippen molar-refractivity contribution in [3.05, 3.63) is 29.6 Å². The minimum absolute atomic E-state index is 0.230. The highest BCUT2D eigenvalue weighted by molar-refractivity contribution is 5.87. The van der Waals surface area contributed by atoms with Gasteiger partial charge in [-0.05, 0) is 12.1 Å². The van der Waals surface area contributed by atoms with E-state index in [0.717, 1.165) is 0 Å². The number of esters is 1. The number of carbonyl (C=O) groups is 1. The number of ether oxygens (including phenoxy) is 1. The molecule has 1 rings (SSSR count). The number of hydrogen-bond donors (Lipinski definition) is 0. The predicted octanol–water partition coefficient (Wildman–Crippen LogP) is 0.850. The summed E-state index contributed by atoms with van der Waals surface area (Å²) in [5.41, 5.74) is 0.846. The summed E-state index contributed by atoms with van der Waals surface area (Å²) >= 11 is 0. The summed E-state index contributed by atoms with van der Waals surface area (Å²) in [5.74, 6) is 1.92. The van der Waals surface area contributed by atoms with Gasteiger partial charge in [0.25, 0.3) is 0 Å². The minimum Gasteiger partial charge on any atom is -0.464 e. The summed E-state index contributed by atoms with van der Waals surface area (Å²) in [6.45, 7) is 0. The third-order valence-corrected chi connectivity index (χ3v) is 1.32. The lowest BCUT2D eigenvalue weighted by Crippen LogP contribution is -2.03. The Morgan fingerprint density at radius 2 is 2.50 bits per heavy atom. The van der Waals surface area contributed by atoms with E-state index in [9.17, 15) is 4.79 Å². The highest BCUT2D eigenvalue weighted by atomic mass is 16.5. The van der Waals surface area contributed by atoms with Gasteiger partial charge in [-0.2, -0.15) is 0 Å². The van der Waals surface area contributed by atoms with Gasteiger partial charge in [-0.1, -0.05) is 5.92 Å². The second kappa shape index (κ2) is 3.54. The molecule has 0 aliphatic heterocycles. The third-order valence-electron chi connectivity index (χ3n) is 1.32. The Morgan fingerprint density at radius 1 is 1.75 bits per heavy atom. The van der Waals surface area contributed by atoms with Gasteiger partial charge in [0.15, 0.2) is 0 Å². The highest BCUT2D eigenvalue weighted by Crippen LogP contribution is 2.00. The van der Waals surface area contributed by atoms with Gasteiger partial charge in [-0.15, -0.1) is 6.42 Å². The molecule has 0 aliphatic rings. The zero-order valence-corrected chi connectivity index (χ0v) is 6.57. The first kappa shape index (κ1) is 8.28. The molecule has 3 nitrogen and oxygen atoms in total. The molecule has 0 saturated heterocycles. The van der Waals surface area contributed by atoms with Crippen LogP contribution in [0.1, 0.15) is 16.1 Å². The second-order valence-corrected chi connectivity index (χ2v) is 2.07. The number of hydrogen-bond acceptors (Lipinski definition) is 3. The maximum absolute atomic E-state index is 10.9. The summed E-state index contributed by atoms with van der Waals surface area (Å²) in [7, 11) is 1.30. The van der Waals surface area contributed by atoms with E-state index >= 15 is 0 Å². The molecule has 0 unspecified atom stereocenters. The van der Waals surface area contributed by atoms with E-state index in [2.05, 4.69) is 15.6 Å². The molecule has 0 atom stereocenters. The molecular formula is C9H7NO2. The van der Waals surface area contributed by atoms with Gasteiger partial charge >= 0.3 is 5.97 Å². The third kappa shape index (κ3) is 1.61. The van der Waals surface area contributed by atoms with Gasteiger partial charge in [-0.25, -0.2) is 9.78 Å². The van der Waals surface area contributed by atoms with Gasteiger partial charge < -0.3 is 4.74 Å². The Kier molecular flexibility index (Phi) is 2.44. The first-order valence-corrected chi connectivity index (χ1v) is 3.29. The zero-order chi connectivity index (χ0) is 8.97. The van der Waals surface area contributed by atoms with Crippen molar-refractivity contribution in [2.24, 2.45) is 0 Å². The van der Waals surface area contributed by atoms with Crippen LogP contribution >= 0.6 is 0 Å². The molecule has 3 heteroatoms. The summed E-state index contributed by atoms with van der Waals surface area (Å²) in [5, 5.41) is 0. The van der Waals surface area contributed by atoms with Crippen LogP contribution in [0, 0.1) is 12.3 Å². The molecule has 0 spiro atoms. The number of terminal acetylenes is 1. The topological polar surface area (TPSA) is 39.2 Å². The Bertz CT molecular complexity index is 339. The molecule has 0 amide bonds. The number of methoxy groups -OCH3 is 1. The quantitative estimate of drug-likeness (QED) is 0.452. The smallest absolute Gasteiger partial charge is 0.356 e. The normalized spacial score (nSPS) is 8.67. The zero-order valence-electron chi connectivity index (χ0n) is 6.57. The highest BCUT2D eigenvalue weighted by Gasteiger charge is 2.05. The van der Waals surface area contributed by atoms with E-state index in [1.165, 1.54) is 19.4 Å². The van der Waals surface area contributed by atoms with E-state index in [0.29, 0.717) is 5.56 Å². The van der Waals surface area contributed by atoms with Crippen LogP contribution < -0.4 is 0 Å². The molecule has 0 N–H and O–H groups in total. The van der Waals surface area contributed by atoms with Crippen LogP contribution in [0.3, 0.4) is 0 Å². The first-order valence-electron chi connectivity index (χ1n) is 3.29. The number of pyridine rings is 1. The van der Waals surface area contributed by atoms with E-state index in [1.54, 1.807) is 6.07 Å². The molecule has 0 radical (unpaired) electrons. The molecule has 60 valence electrons. The van der Waals surface area contributed by atoms with Crippen LogP contribution in [0.15, 0.2) is 18.3 Å². The van der Waals surface area contributed by atoms with Gasteiger partial charge in [0.2, 0.25) is 0 Å². The van der Waals surface area contributed by atoms with Crippen molar-refractivity contribution < 1.29 is 9.53 Å². The molecule has 1 heterocycles. The first-order chi connectivity index (χ1) is 5.77. The Morgan fingerprint density at radius 3 is 3.08 bits per heavy atom.